The second-order valence-corrected chi connectivity index (χ2v) is 5.64. The van der Waals surface area contributed by atoms with Crippen molar-refractivity contribution in [1.29, 1.82) is 0 Å². The maximum Gasteiger partial charge on any atom is 0.0825 e. The zero-order valence-electron chi connectivity index (χ0n) is 10.3. The third-order valence-electron chi connectivity index (χ3n) is 3.05. The smallest absolute Gasteiger partial charge is 0.0825 e. The summed E-state index contributed by atoms with van der Waals surface area (Å²) < 4.78 is 5.30. The number of likely N-dealkylation sites (tertiary alicyclic amines) is 1. The average molecular weight is 199 g/mol. The van der Waals surface area contributed by atoms with Crippen LogP contribution in [0, 0.1) is 5.41 Å². The van der Waals surface area contributed by atoms with Crippen LogP contribution in [0.4, 0.5) is 0 Å². The summed E-state index contributed by atoms with van der Waals surface area (Å²) in [5.74, 6) is 0. The van der Waals surface area contributed by atoms with Crippen molar-refractivity contribution in [2.75, 3.05) is 20.2 Å². The van der Waals surface area contributed by atoms with Crippen LogP contribution < -0.4 is 0 Å². The molecule has 1 saturated heterocycles. The van der Waals surface area contributed by atoms with Gasteiger partial charge in [-0.25, -0.2) is 0 Å². The summed E-state index contributed by atoms with van der Waals surface area (Å²) in [5, 5.41) is 0. The molecule has 0 spiro atoms. The van der Waals surface area contributed by atoms with Crippen LogP contribution in [-0.4, -0.2) is 37.2 Å². The van der Waals surface area contributed by atoms with Crippen LogP contribution in [0.3, 0.4) is 0 Å². The largest absolute Gasteiger partial charge is 0.379 e. The van der Waals surface area contributed by atoms with Crippen LogP contribution in [0.25, 0.3) is 0 Å². The van der Waals surface area contributed by atoms with Gasteiger partial charge in [-0.05, 0) is 18.3 Å². The third-order valence-corrected chi connectivity index (χ3v) is 3.05. The van der Waals surface area contributed by atoms with Crippen molar-refractivity contribution < 1.29 is 4.74 Å². The maximum atomic E-state index is 5.30. The van der Waals surface area contributed by atoms with E-state index in [1.807, 2.05) is 7.11 Å². The Labute approximate surface area is 88.6 Å². The molecular weight excluding hydrogens is 174 g/mol. The Morgan fingerprint density at radius 3 is 2.29 bits per heavy atom. The molecule has 1 heterocycles. The normalized spacial score (nSPS) is 22.1. The predicted octanol–water partition coefficient (Wildman–Crippen LogP) is 2.53. The van der Waals surface area contributed by atoms with Gasteiger partial charge in [0.05, 0.1) is 6.10 Å². The van der Waals surface area contributed by atoms with Crippen LogP contribution in [0.2, 0.25) is 0 Å². The molecule has 0 saturated carbocycles. The molecule has 84 valence electrons. The average Bonchev–Trinajstić information content (AvgIpc) is 1.98. The Hall–Kier alpha value is -0.0800. The standard InChI is InChI=1S/C12H25NO/c1-6-10(7-12(2,3)4)13-8-11(9-13)14-5/h10-11H,6-9H2,1-5H3/t10-/m0/s1. The van der Waals surface area contributed by atoms with Crippen molar-refractivity contribution >= 4 is 0 Å². The summed E-state index contributed by atoms with van der Waals surface area (Å²) >= 11 is 0. The van der Waals surface area contributed by atoms with Crippen LogP contribution in [0.15, 0.2) is 0 Å². The Kier molecular flexibility index (Phi) is 3.96. The van der Waals surface area contributed by atoms with Gasteiger partial charge in [0.15, 0.2) is 0 Å². The summed E-state index contributed by atoms with van der Waals surface area (Å²) in [4.78, 5) is 2.55. The number of hydrogen-bond donors (Lipinski definition) is 0. The molecule has 0 amide bonds. The van der Waals surface area contributed by atoms with Crippen molar-refractivity contribution in [2.24, 2.45) is 5.41 Å². The minimum absolute atomic E-state index is 0.443. The van der Waals surface area contributed by atoms with Gasteiger partial charge < -0.3 is 4.74 Å². The van der Waals surface area contributed by atoms with Crippen LogP contribution in [0.5, 0.6) is 0 Å². The van der Waals surface area contributed by atoms with Gasteiger partial charge in [0.2, 0.25) is 0 Å². The van der Waals surface area contributed by atoms with E-state index < -0.39 is 0 Å². The molecule has 0 unspecified atom stereocenters. The molecule has 0 aliphatic carbocycles. The molecule has 0 aromatic rings. The van der Waals surface area contributed by atoms with E-state index in [0.29, 0.717) is 11.5 Å². The second-order valence-electron chi connectivity index (χ2n) is 5.64. The van der Waals surface area contributed by atoms with E-state index in [1.54, 1.807) is 0 Å². The van der Waals surface area contributed by atoms with Crippen molar-refractivity contribution in [3.8, 4) is 0 Å². The minimum atomic E-state index is 0.443. The first kappa shape index (κ1) is 12.0. The molecule has 2 heteroatoms. The maximum absolute atomic E-state index is 5.30. The fourth-order valence-corrected chi connectivity index (χ4v) is 2.16. The molecule has 2 nitrogen and oxygen atoms in total. The summed E-state index contributed by atoms with van der Waals surface area (Å²) in [6.45, 7) is 11.5. The van der Waals surface area contributed by atoms with Crippen molar-refractivity contribution in [3.63, 3.8) is 0 Å². The van der Waals surface area contributed by atoms with E-state index in [0.717, 1.165) is 19.1 Å². The van der Waals surface area contributed by atoms with Crippen LogP contribution >= 0.6 is 0 Å². The van der Waals surface area contributed by atoms with E-state index in [-0.39, 0.29) is 0 Å². The van der Waals surface area contributed by atoms with Gasteiger partial charge in [0.1, 0.15) is 0 Å². The zero-order valence-corrected chi connectivity index (χ0v) is 10.3. The molecule has 14 heavy (non-hydrogen) atoms. The molecule has 1 atom stereocenters. The highest BCUT2D eigenvalue weighted by atomic mass is 16.5. The van der Waals surface area contributed by atoms with Gasteiger partial charge in [-0.1, -0.05) is 27.7 Å². The van der Waals surface area contributed by atoms with E-state index in [2.05, 4.69) is 32.6 Å². The quantitative estimate of drug-likeness (QED) is 0.690. The lowest BCUT2D eigenvalue weighted by Gasteiger charge is -2.45. The number of methoxy groups -OCH3 is 1. The van der Waals surface area contributed by atoms with Gasteiger partial charge in [-0.3, -0.25) is 4.90 Å². The Bertz CT molecular complexity index is 168. The summed E-state index contributed by atoms with van der Waals surface area (Å²) in [6, 6.07) is 0.751. The molecular formula is C12H25NO. The van der Waals surface area contributed by atoms with Crippen molar-refractivity contribution in [2.45, 2.75) is 52.7 Å². The second kappa shape index (κ2) is 4.63. The van der Waals surface area contributed by atoms with Gasteiger partial charge >= 0.3 is 0 Å². The molecule has 0 N–H and O–H groups in total. The summed E-state index contributed by atoms with van der Waals surface area (Å²) in [7, 11) is 1.81. The molecule has 1 fully saturated rings. The number of rotatable bonds is 4. The van der Waals surface area contributed by atoms with Crippen molar-refractivity contribution in [3.05, 3.63) is 0 Å². The molecule has 0 bridgehead atoms. The van der Waals surface area contributed by atoms with E-state index >= 15 is 0 Å². The fraction of sp³-hybridized carbons (Fsp3) is 1.00. The Balaban J connectivity index is 2.33. The number of nitrogens with zero attached hydrogens (tertiary/aromatic N) is 1. The fourth-order valence-electron chi connectivity index (χ4n) is 2.16. The van der Waals surface area contributed by atoms with Crippen LogP contribution in [0.1, 0.15) is 40.5 Å². The SMILES string of the molecule is CC[C@@H](CC(C)(C)C)N1CC(OC)C1. The molecule has 0 aromatic carbocycles. The molecule has 0 aromatic heterocycles. The molecule has 1 rings (SSSR count). The van der Waals surface area contributed by atoms with E-state index in [9.17, 15) is 0 Å². The Morgan fingerprint density at radius 2 is 1.93 bits per heavy atom. The van der Waals surface area contributed by atoms with Crippen LogP contribution in [-0.2, 0) is 4.74 Å². The monoisotopic (exact) mass is 199 g/mol. The molecule has 0 radical (unpaired) electrons. The first-order valence-corrected chi connectivity index (χ1v) is 5.73. The summed E-state index contributed by atoms with van der Waals surface area (Å²) in [6.07, 6.45) is 3.04. The molecule has 1 aliphatic rings. The lowest BCUT2D eigenvalue weighted by atomic mass is 9.85. The van der Waals surface area contributed by atoms with Gasteiger partial charge in [-0.15, -0.1) is 0 Å². The molecule has 1 aliphatic heterocycles. The number of hydrogen-bond acceptors (Lipinski definition) is 2. The zero-order chi connectivity index (χ0) is 10.8. The van der Waals surface area contributed by atoms with Crippen molar-refractivity contribution in [1.82, 2.24) is 4.90 Å². The van der Waals surface area contributed by atoms with E-state index in [1.165, 1.54) is 12.8 Å². The topological polar surface area (TPSA) is 12.5 Å². The lowest BCUT2D eigenvalue weighted by Crippen LogP contribution is -2.56. The van der Waals surface area contributed by atoms with E-state index in [4.69, 9.17) is 4.74 Å². The minimum Gasteiger partial charge on any atom is -0.379 e. The van der Waals surface area contributed by atoms with Gasteiger partial charge in [0, 0.05) is 26.2 Å². The van der Waals surface area contributed by atoms with Gasteiger partial charge in [-0.2, -0.15) is 0 Å². The summed E-state index contributed by atoms with van der Waals surface area (Å²) in [5.41, 5.74) is 0.443. The lowest BCUT2D eigenvalue weighted by molar-refractivity contribution is -0.0580. The first-order valence-electron chi connectivity index (χ1n) is 5.73. The number of ether oxygens (including phenoxy) is 1. The predicted molar refractivity (Wildman–Crippen MR) is 60.5 cm³/mol. The highest BCUT2D eigenvalue weighted by Gasteiger charge is 2.33. The highest BCUT2D eigenvalue weighted by Crippen LogP contribution is 2.28. The Morgan fingerprint density at radius 1 is 1.36 bits per heavy atom. The first-order chi connectivity index (χ1) is 6.46. The third kappa shape index (κ3) is 3.25. The highest BCUT2D eigenvalue weighted by molar-refractivity contribution is 4.87. The van der Waals surface area contributed by atoms with Gasteiger partial charge in [0.25, 0.3) is 0 Å².